The van der Waals surface area contributed by atoms with E-state index in [-0.39, 0.29) is 5.91 Å². The molecule has 1 aliphatic rings. The molecule has 0 spiro atoms. The zero-order valence-corrected chi connectivity index (χ0v) is 15.0. The average molecular weight is 331 g/mol. The van der Waals surface area contributed by atoms with Crippen molar-refractivity contribution in [2.24, 2.45) is 0 Å². The molecule has 1 amide bonds. The van der Waals surface area contributed by atoms with E-state index >= 15 is 0 Å². The second-order valence-electron chi connectivity index (χ2n) is 6.61. The Morgan fingerprint density at radius 1 is 1.25 bits per heavy atom. The van der Waals surface area contributed by atoms with Gasteiger partial charge in [0, 0.05) is 50.7 Å². The number of anilines is 1. The number of aromatic nitrogens is 2. The first-order valence-electron chi connectivity index (χ1n) is 8.72. The highest BCUT2D eigenvalue weighted by Gasteiger charge is 2.18. The first kappa shape index (κ1) is 18.4. The minimum absolute atomic E-state index is 0.0739. The van der Waals surface area contributed by atoms with E-state index in [1.165, 1.54) is 31.8 Å². The maximum atomic E-state index is 11.8. The molecule has 132 valence electrons. The van der Waals surface area contributed by atoms with Gasteiger partial charge >= 0.3 is 0 Å². The molecule has 0 aromatic carbocycles. The maximum absolute atomic E-state index is 11.8. The van der Waals surface area contributed by atoms with E-state index in [0.29, 0.717) is 12.5 Å². The Morgan fingerprint density at radius 3 is 2.54 bits per heavy atom. The molecule has 6 nitrogen and oxygen atoms in total. The normalized spacial score (nSPS) is 15.3. The molecule has 24 heavy (non-hydrogen) atoms. The van der Waals surface area contributed by atoms with Crippen LogP contribution in [0.3, 0.4) is 0 Å². The van der Waals surface area contributed by atoms with Crippen LogP contribution in [0, 0.1) is 0 Å². The van der Waals surface area contributed by atoms with Crippen molar-refractivity contribution < 1.29 is 4.79 Å². The van der Waals surface area contributed by atoms with Crippen LogP contribution in [0.4, 0.5) is 5.95 Å². The summed E-state index contributed by atoms with van der Waals surface area (Å²) in [6.07, 6.45) is 13.0. The molecule has 6 heteroatoms. The van der Waals surface area contributed by atoms with Crippen LogP contribution >= 0.6 is 0 Å². The van der Waals surface area contributed by atoms with Crippen LogP contribution < -0.4 is 10.2 Å². The second-order valence-corrected chi connectivity index (χ2v) is 6.61. The second kappa shape index (κ2) is 9.37. The number of hydrogen-bond acceptors (Lipinski definition) is 5. The fourth-order valence-electron chi connectivity index (χ4n) is 2.95. The Morgan fingerprint density at radius 2 is 1.92 bits per heavy atom. The Hall–Kier alpha value is -1.95. The van der Waals surface area contributed by atoms with Crippen LogP contribution in [0.2, 0.25) is 0 Å². The number of carbonyl (C=O) groups excluding carboxylic acids is 1. The molecular weight excluding hydrogens is 302 g/mol. The molecule has 0 unspecified atom stereocenters. The first-order chi connectivity index (χ1) is 11.6. The van der Waals surface area contributed by atoms with E-state index < -0.39 is 0 Å². The summed E-state index contributed by atoms with van der Waals surface area (Å²) in [5, 5.41) is 2.93. The topological polar surface area (TPSA) is 61.4 Å². The minimum Gasteiger partial charge on any atom is -0.353 e. The van der Waals surface area contributed by atoms with Gasteiger partial charge in [-0.05, 0) is 38.9 Å². The van der Waals surface area contributed by atoms with Crippen LogP contribution in [0.1, 0.15) is 37.7 Å². The standard InChI is InChI=1S/C18H29N5O/c1-22(2)18-20-13-15(14-21-18)9-10-17(24)19-11-6-12-23(3)16-7-4-5-8-16/h9-10,13-14,16H,4-8,11-12H2,1-3H3,(H,19,24). The van der Waals surface area contributed by atoms with E-state index in [2.05, 4.69) is 27.2 Å². The van der Waals surface area contributed by atoms with Crippen molar-refractivity contribution in [2.45, 2.75) is 38.1 Å². The largest absolute Gasteiger partial charge is 0.353 e. The highest BCUT2D eigenvalue weighted by molar-refractivity contribution is 5.91. The summed E-state index contributed by atoms with van der Waals surface area (Å²) in [6, 6.07) is 0.741. The average Bonchev–Trinajstić information content (AvgIpc) is 3.11. The van der Waals surface area contributed by atoms with Gasteiger partial charge in [-0.2, -0.15) is 0 Å². The van der Waals surface area contributed by atoms with Gasteiger partial charge in [0.25, 0.3) is 0 Å². The zero-order valence-electron chi connectivity index (χ0n) is 15.0. The smallest absolute Gasteiger partial charge is 0.244 e. The summed E-state index contributed by atoms with van der Waals surface area (Å²) in [7, 11) is 5.97. The maximum Gasteiger partial charge on any atom is 0.244 e. The van der Waals surface area contributed by atoms with Crippen LogP contribution in [0.15, 0.2) is 18.5 Å². The lowest BCUT2D eigenvalue weighted by Crippen LogP contribution is -2.32. The van der Waals surface area contributed by atoms with E-state index in [9.17, 15) is 4.79 Å². The number of nitrogens with one attached hydrogen (secondary N) is 1. The lowest BCUT2D eigenvalue weighted by atomic mass is 10.2. The zero-order chi connectivity index (χ0) is 17.4. The van der Waals surface area contributed by atoms with Crippen LogP contribution in [0.5, 0.6) is 0 Å². The van der Waals surface area contributed by atoms with Crippen molar-refractivity contribution in [2.75, 3.05) is 39.1 Å². The van der Waals surface area contributed by atoms with Crippen LogP contribution in [-0.4, -0.2) is 61.0 Å². The minimum atomic E-state index is -0.0739. The van der Waals surface area contributed by atoms with E-state index in [4.69, 9.17) is 0 Å². The fourth-order valence-corrected chi connectivity index (χ4v) is 2.95. The molecule has 1 aromatic rings. The van der Waals surface area contributed by atoms with Gasteiger partial charge in [0.15, 0.2) is 0 Å². The summed E-state index contributed by atoms with van der Waals surface area (Å²) in [6.45, 7) is 1.74. The number of rotatable bonds is 8. The summed E-state index contributed by atoms with van der Waals surface area (Å²) in [4.78, 5) is 24.5. The molecule has 1 saturated carbocycles. The molecular formula is C18H29N5O. The summed E-state index contributed by atoms with van der Waals surface area (Å²) in [5.74, 6) is 0.582. The molecule has 0 radical (unpaired) electrons. The van der Waals surface area contributed by atoms with Crippen molar-refractivity contribution in [1.82, 2.24) is 20.2 Å². The van der Waals surface area contributed by atoms with Gasteiger partial charge in [0.2, 0.25) is 11.9 Å². The van der Waals surface area contributed by atoms with Crippen molar-refractivity contribution in [3.8, 4) is 0 Å². The molecule has 1 heterocycles. The quantitative estimate of drug-likeness (QED) is 0.583. The monoisotopic (exact) mass is 331 g/mol. The van der Waals surface area contributed by atoms with Crippen molar-refractivity contribution in [3.05, 3.63) is 24.0 Å². The van der Waals surface area contributed by atoms with Gasteiger partial charge in [0.05, 0.1) is 0 Å². The fraction of sp³-hybridized carbons (Fsp3) is 0.611. The van der Waals surface area contributed by atoms with E-state index in [0.717, 1.165) is 24.6 Å². The Kier molecular flexibility index (Phi) is 7.18. The predicted molar refractivity (Wildman–Crippen MR) is 97.9 cm³/mol. The van der Waals surface area contributed by atoms with E-state index in [1.807, 2.05) is 19.0 Å². The summed E-state index contributed by atoms with van der Waals surface area (Å²) < 4.78 is 0. The van der Waals surface area contributed by atoms with E-state index in [1.54, 1.807) is 18.5 Å². The van der Waals surface area contributed by atoms with Gasteiger partial charge in [0.1, 0.15) is 0 Å². The predicted octanol–water partition coefficient (Wildman–Crippen LogP) is 1.94. The Bertz CT molecular complexity index is 535. The molecule has 0 bridgehead atoms. The molecule has 0 saturated heterocycles. The number of nitrogens with zero attached hydrogens (tertiary/aromatic N) is 4. The van der Waals surface area contributed by atoms with Crippen LogP contribution in [0.25, 0.3) is 6.08 Å². The molecule has 1 aliphatic carbocycles. The molecule has 0 atom stereocenters. The third kappa shape index (κ3) is 5.92. The highest BCUT2D eigenvalue weighted by Crippen LogP contribution is 2.22. The Balaban J connectivity index is 1.65. The summed E-state index contributed by atoms with van der Waals surface area (Å²) >= 11 is 0. The first-order valence-corrected chi connectivity index (χ1v) is 8.72. The number of carbonyl (C=O) groups is 1. The number of hydrogen-bond donors (Lipinski definition) is 1. The van der Waals surface area contributed by atoms with Crippen molar-refractivity contribution in [1.29, 1.82) is 0 Å². The van der Waals surface area contributed by atoms with Gasteiger partial charge in [-0.3, -0.25) is 4.79 Å². The lowest BCUT2D eigenvalue weighted by molar-refractivity contribution is -0.116. The molecule has 0 aliphatic heterocycles. The van der Waals surface area contributed by atoms with Gasteiger partial charge in [-0.25, -0.2) is 9.97 Å². The highest BCUT2D eigenvalue weighted by atomic mass is 16.1. The van der Waals surface area contributed by atoms with Crippen LogP contribution in [-0.2, 0) is 4.79 Å². The van der Waals surface area contributed by atoms with Crippen molar-refractivity contribution >= 4 is 17.9 Å². The van der Waals surface area contributed by atoms with Gasteiger partial charge < -0.3 is 15.1 Å². The third-order valence-corrected chi connectivity index (χ3v) is 4.42. The van der Waals surface area contributed by atoms with Crippen molar-refractivity contribution in [3.63, 3.8) is 0 Å². The molecule has 2 rings (SSSR count). The molecule has 1 fully saturated rings. The lowest BCUT2D eigenvalue weighted by Gasteiger charge is -2.23. The number of amides is 1. The Labute approximate surface area is 145 Å². The van der Waals surface area contributed by atoms with Gasteiger partial charge in [-0.1, -0.05) is 12.8 Å². The SMILES string of the molecule is CN(C)c1ncc(C=CC(=O)NCCCN(C)C2CCCC2)cn1. The molecule has 1 aromatic heterocycles. The summed E-state index contributed by atoms with van der Waals surface area (Å²) in [5.41, 5.74) is 0.816. The van der Waals surface area contributed by atoms with Gasteiger partial charge in [-0.15, -0.1) is 0 Å². The molecule has 1 N–H and O–H groups in total. The third-order valence-electron chi connectivity index (χ3n) is 4.42.